The number of nitrogens with one attached hydrogen (secondary N) is 1. The van der Waals surface area contributed by atoms with Crippen molar-refractivity contribution in [1.82, 2.24) is 5.43 Å². The van der Waals surface area contributed by atoms with E-state index in [4.69, 9.17) is 15.3 Å². The molecule has 0 saturated heterocycles. The maximum atomic E-state index is 13.8. The van der Waals surface area contributed by atoms with Gasteiger partial charge in [0.05, 0.1) is 6.04 Å². The van der Waals surface area contributed by atoms with Crippen LogP contribution in [0.1, 0.15) is 22.7 Å². The van der Waals surface area contributed by atoms with Crippen LogP contribution in [0, 0.1) is 12.7 Å². The topological polar surface area (TPSA) is 56.5 Å². The normalized spacial score (nSPS) is 14.8. The molecule has 0 saturated carbocycles. The second kappa shape index (κ2) is 5.71. The van der Waals surface area contributed by atoms with Gasteiger partial charge in [-0.15, -0.1) is 0 Å². The van der Waals surface area contributed by atoms with E-state index < -0.39 is 0 Å². The summed E-state index contributed by atoms with van der Waals surface area (Å²) in [5, 5.41) is 0. The molecule has 0 fully saturated rings. The Balaban J connectivity index is 2.06. The summed E-state index contributed by atoms with van der Waals surface area (Å²) >= 11 is 0. The molecule has 2 aromatic carbocycles. The van der Waals surface area contributed by atoms with Crippen molar-refractivity contribution in [3.8, 4) is 11.5 Å². The maximum Gasteiger partial charge on any atom is 0.166 e. The van der Waals surface area contributed by atoms with Crippen LogP contribution < -0.4 is 20.7 Å². The number of aryl methyl sites for hydroxylation is 1. The van der Waals surface area contributed by atoms with Gasteiger partial charge in [-0.25, -0.2) is 9.82 Å². The number of hydrogen-bond acceptors (Lipinski definition) is 4. The number of hydrogen-bond donors (Lipinski definition) is 2. The summed E-state index contributed by atoms with van der Waals surface area (Å²) in [5.74, 6) is 6.78. The number of ether oxygens (including phenoxy) is 2. The van der Waals surface area contributed by atoms with Crippen molar-refractivity contribution in [2.75, 3.05) is 13.2 Å². The van der Waals surface area contributed by atoms with Crippen molar-refractivity contribution in [3.63, 3.8) is 0 Å². The fourth-order valence-corrected chi connectivity index (χ4v) is 2.48. The first-order chi connectivity index (χ1) is 10.2. The Bertz CT molecular complexity index is 661. The van der Waals surface area contributed by atoms with E-state index in [0.29, 0.717) is 30.3 Å². The van der Waals surface area contributed by atoms with Gasteiger partial charge in [-0.2, -0.15) is 0 Å². The van der Waals surface area contributed by atoms with Crippen LogP contribution in [0.25, 0.3) is 0 Å². The van der Waals surface area contributed by atoms with E-state index in [9.17, 15) is 4.39 Å². The van der Waals surface area contributed by atoms with Gasteiger partial charge in [0.15, 0.2) is 11.5 Å². The molecular formula is C16H17FN2O2. The Morgan fingerprint density at radius 2 is 2.00 bits per heavy atom. The summed E-state index contributed by atoms with van der Waals surface area (Å²) in [5.41, 5.74) is 4.90. The molecule has 3 rings (SSSR count). The highest BCUT2D eigenvalue weighted by atomic mass is 19.1. The van der Waals surface area contributed by atoms with E-state index in [-0.39, 0.29) is 11.9 Å². The van der Waals surface area contributed by atoms with Gasteiger partial charge in [-0.05, 0) is 30.2 Å². The quantitative estimate of drug-likeness (QED) is 0.673. The molecule has 0 aromatic heterocycles. The maximum absolute atomic E-state index is 13.8. The van der Waals surface area contributed by atoms with Gasteiger partial charge < -0.3 is 9.47 Å². The van der Waals surface area contributed by atoms with Crippen LogP contribution in [0.15, 0.2) is 36.4 Å². The summed E-state index contributed by atoms with van der Waals surface area (Å²) in [6, 6.07) is 10.3. The van der Waals surface area contributed by atoms with E-state index in [0.717, 1.165) is 11.1 Å². The van der Waals surface area contributed by atoms with Crippen molar-refractivity contribution in [1.29, 1.82) is 0 Å². The molecule has 4 nitrogen and oxygen atoms in total. The average molecular weight is 288 g/mol. The molecule has 110 valence electrons. The van der Waals surface area contributed by atoms with E-state index in [1.807, 2.05) is 24.3 Å². The summed E-state index contributed by atoms with van der Waals surface area (Å²) in [6.45, 7) is 2.74. The standard InChI is InChI=1S/C16H17FN2O2/c1-10-5-6-11(9-13(10)17)15(19-18)12-3-2-4-14-16(12)21-8-7-20-14/h2-6,9,15,19H,7-8,18H2,1H3. The Hall–Kier alpha value is -2.11. The van der Waals surface area contributed by atoms with Crippen molar-refractivity contribution < 1.29 is 13.9 Å². The lowest BCUT2D eigenvalue weighted by Gasteiger charge is -2.25. The van der Waals surface area contributed by atoms with Crippen molar-refractivity contribution in [2.45, 2.75) is 13.0 Å². The molecule has 1 aliphatic rings. The van der Waals surface area contributed by atoms with Gasteiger partial charge in [0, 0.05) is 5.56 Å². The molecule has 1 aliphatic heterocycles. The zero-order valence-electron chi connectivity index (χ0n) is 11.7. The van der Waals surface area contributed by atoms with Gasteiger partial charge >= 0.3 is 0 Å². The second-order valence-corrected chi connectivity index (χ2v) is 4.98. The predicted molar refractivity (Wildman–Crippen MR) is 77.7 cm³/mol. The van der Waals surface area contributed by atoms with Crippen LogP contribution in [0.3, 0.4) is 0 Å². The molecule has 1 atom stereocenters. The van der Waals surface area contributed by atoms with E-state index in [2.05, 4.69) is 5.43 Å². The largest absolute Gasteiger partial charge is 0.486 e. The highest BCUT2D eigenvalue weighted by Gasteiger charge is 2.23. The number of para-hydroxylation sites is 1. The number of rotatable bonds is 3. The van der Waals surface area contributed by atoms with Gasteiger partial charge in [0.2, 0.25) is 0 Å². The van der Waals surface area contributed by atoms with Gasteiger partial charge in [0.25, 0.3) is 0 Å². The average Bonchev–Trinajstić information content (AvgIpc) is 2.52. The zero-order valence-corrected chi connectivity index (χ0v) is 11.7. The summed E-state index contributed by atoms with van der Waals surface area (Å²) in [4.78, 5) is 0. The molecule has 0 bridgehead atoms. The minimum Gasteiger partial charge on any atom is -0.486 e. The lowest BCUT2D eigenvalue weighted by Crippen LogP contribution is -2.30. The molecule has 1 unspecified atom stereocenters. The summed E-state index contributed by atoms with van der Waals surface area (Å²) in [7, 11) is 0. The van der Waals surface area contributed by atoms with Crippen LogP contribution in [0.2, 0.25) is 0 Å². The van der Waals surface area contributed by atoms with Crippen molar-refractivity contribution in [3.05, 3.63) is 58.9 Å². The van der Waals surface area contributed by atoms with Gasteiger partial charge in [-0.1, -0.05) is 24.3 Å². The van der Waals surface area contributed by atoms with E-state index in [1.165, 1.54) is 6.07 Å². The molecule has 3 N–H and O–H groups in total. The Labute approximate surface area is 122 Å². The third-order valence-electron chi connectivity index (χ3n) is 3.60. The first-order valence-electron chi connectivity index (χ1n) is 6.81. The molecule has 0 radical (unpaired) electrons. The molecule has 21 heavy (non-hydrogen) atoms. The lowest BCUT2D eigenvalue weighted by molar-refractivity contribution is 0.169. The highest BCUT2D eigenvalue weighted by Crippen LogP contribution is 2.38. The highest BCUT2D eigenvalue weighted by molar-refractivity contribution is 5.51. The Kier molecular flexibility index (Phi) is 3.77. The minimum absolute atomic E-state index is 0.255. The van der Waals surface area contributed by atoms with Crippen molar-refractivity contribution >= 4 is 0 Å². The summed E-state index contributed by atoms with van der Waals surface area (Å²) in [6.07, 6.45) is 0. The molecular weight excluding hydrogens is 271 g/mol. The lowest BCUT2D eigenvalue weighted by atomic mass is 9.97. The summed E-state index contributed by atoms with van der Waals surface area (Å²) < 4.78 is 25.1. The van der Waals surface area contributed by atoms with Crippen LogP contribution in [0.5, 0.6) is 11.5 Å². The van der Waals surface area contributed by atoms with Crippen LogP contribution in [-0.4, -0.2) is 13.2 Å². The van der Waals surface area contributed by atoms with Crippen molar-refractivity contribution in [2.24, 2.45) is 5.84 Å². The predicted octanol–water partition coefficient (Wildman–Crippen LogP) is 2.46. The molecule has 5 heteroatoms. The first-order valence-corrected chi connectivity index (χ1v) is 6.81. The number of benzene rings is 2. The Morgan fingerprint density at radius 3 is 2.76 bits per heavy atom. The first kappa shape index (κ1) is 13.9. The molecule has 0 amide bonds. The minimum atomic E-state index is -0.364. The smallest absolute Gasteiger partial charge is 0.166 e. The molecule has 0 aliphatic carbocycles. The number of hydrazine groups is 1. The zero-order chi connectivity index (χ0) is 14.8. The van der Waals surface area contributed by atoms with Crippen LogP contribution in [-0.2, 0) is 0 Å². The molecule has 2 aromatic rings. The van der Waals surface area contributed by atoms with Crippen LogP contribution in [0.4, 0.5) is 4.39 Å². The van der Waals surface area contributed by atoms with E-state index in [1.54, 1.807) is 13.0 Å². The third kappa shape index (κ3) is 2.57. The number of nitrogens with two attached hydrogens (primary N) is 1. The monoisotopic (exact) mass is 288 g/mol. The third-order valence-corrected chi connectivity index (χ3v) is 3.60. The number of halogens is 1. The SMILES string of the molecule is Cc1ccc(C(NN)c2cccc3c2OCCO3)cc1F. The fourth-order valence-electron chi connectivity index (χ4n) is 2.48. The van der Waals surface area contributed by atoms with E-state index >= 15 is 0 Å². The van der Waals surface area contributed by atoms with Gasteiger partial charge in [-0.3, -0.25) is 5.84 Å². The Morgan fingerprint density at radius 1 is 1.19 bits per heavy atom. The fraction of sp³-hybridized carbons (Fsp3) is 0.250. The van der Waals surface area contributed by atoms with Gasteiger partial charge in [0.1, 0.15) is 19.0 Å². The second-order valence-electron chi connectivity index (χ2n) is 4.98. The molecule has 1 heterocycles. The van der Waals surface area contributed by atoms with Crippen LogP contribution >= 0.6 is 0 Å². The number of fused-ring (bicyclic) bond motifs is 1. The molecule has 0 spiro atoms.